The van der Waals surface area contributed by atoms with Gasteiger partial charge in [0, 0.05) is 0 Å². The molecule has 7 heteroatoms. The molecule has 7 nitrogen and oxygen atoms in total. The highest BCUT2D eigenvalue weighted by Crippen LogP contribution is 2.19. The van der Waals surface area contributed by atoms with Crippen LogP contribution >= 0.6 is 0 Å². The van der Waals surface area contributed by atoms with Crippen LogP contribution < -0.4 is 0 Å². The highest BCUT2D eigenvalue weighted by molar-refractivity contribution is 5.59. The predicted octanol–water partition coefficient (Wildman–Crippen LogP) is 7.65. The number of hydrogen-bond acceptors (Lipinski definition) is 5. The second-order valence-corrected chi connectivity index (χ2v) is 8.98. The Hall–Kier alpha value is -1.53. The van der Waals surface area contributed by atoms with E-state index in [-0.39, 0.29) is 12.7 Å². The Balaban J connectivity index is 3.36. The lowest BCUT2D eigenvalue weighted by atomic mass is 10.0. The molecule has 31 heavy (non-hydrogen) atoms. The van der Waals surface area contributed by atoms with E-state index < -0.39 is 15.5 Å². The van der Waals surface area contributed by atoms with Crippen LogP contribution in [-0.4, -0.2) is 21.8 Å². The summed E-state index contributed by atoms with van der Waals surface area (Å²) in [5.74, 6) is 0. The number of carbonyl (C=O) groups excluding carboxylic acids is 1. The smallest absolute Gasteiger partial charge is 0.287 e. The summed E-state index contributed by atoms with van der Waals surface area (Å²) >= 11 is 0. The van der Waals surface area contributed by atoms with Gasteiger partial charge in [0.15, 0.2) is 0 Å². The zero-order chi connectivity index (χ0) is 23.2. The third-order valence-electron chi connectivity index (χ3n) is 6.22. The van der Waals surface area contributed by atoms with Gasteiger partial charge in [0.25, 0.3) is 6.29 Å². The maximum absolute atomic E-state index is 10.9. The van der Waals surface area contributed by atoms with Crippen LogP contribution in [0.5, 0.6) is 0 Å². The lowest BCUT2D eigenvalue weighted by molar-refractivity contribution is -0.774. The average Bonchev–Trinajstić information content (AvgIpc) is 2.74. The van der Waals surface area contributed by atoms with Gasteiger partial charge in [-0.2, -0.15) is 0 Å². The summed E-state index contributed by atoms with van der Waals surface area (Å²) in [6, 6.07) is 0. The van der Waals surface area contributed by atoms with Gasteiger partial charge in [-0.1, -0.05) is 129 Å². The van der Waals surface area contributed by atoms with Crippen LogP contribution in [0.1, 0.15) is 142 Å². The topological polar surface area (TPSA) is 103 Å². The van der Waals surface area contributed by atoms with E-state index in [1.807, 2.05) is 0 Å². The molecule has 0 unspecified atom stereocenters. The van der Waals surface area contributed by atoms with Crippen molar-refractivity contribution in [2.75, 3.05) is 0 Å². The monoisotopic (exact) mass is 442 g/mol. The first kappa shape index (κ1) is 29.5. The van der Waals surface area contributed by atoms with Gasteiger partial charge in [-0.3, -0.25) is 25.0 Å². The number of unbranched alkanes of at least 4 members (excludes halogenated alkanes) is 19. The third-order valence-corrected chi connectivity index (χ3v) is 6.22. The number of nitrogens with zero attached hydrogens (tertiary/aromatic N) is 2. The van der Waals surface area contributed by atoms with Crippen molar-refractivity contribution in [3.63, 3.8) is 0 Å². The fraction of sp³-hybridized carbons (Fsp3) is 0.958. The molecule has 0 aliphatic carbocycles. The Kier molecular flexibility index (Phi) is 19.4. The Morgan fingerprint density at radius 2 is 0.806 bits per heavy atom. The Morgan fingerprint density at radius 3 is 1.03 bits per heavy atom. The minimum absolute atomic E-state index is 0.136. The van der Waals surface area contributed by atoms with E-state index in [1.165, 1.54) is 96.3 Å². The molecule has 0 spiro atoms. The van der Waals surface area contributed by atoms with Gasteiger partial charge < -0.3 is 0 Å². The maximum atomic E-state index is 10.9. The minimum atomic E-state index is -2.66. The molecular formula is C24H46N2O5. The zero-order valence-electron chi connectivity index (χ0n) is 19.9. The largest absolute Gasteiger partial charge is 0.512 e. The summed E-state index contributed by atoms with van der Waals surface area (Å²) in [5, 5.41) is 21.7. The molecule has 0 rings (SSSR count). The molecule has 0 bridgehead atoms. The van der Waals surface area contributed by atoms with Gasteiger partial charge in [-0.25, -0.2) is 0 Å². The normalized spacial score (nSPS) is 11.5. The van der Waals surface area contributed by atoms with Gasteiger partial charge >= 0.3 is 5.66 Å². The van der Waals surface area contributed by atoms with E-state index in [0.717, 1.165) is 19.3 Å². The molecule has 182 valence electrons. The highest BCUT2D eigenvalue weighted by atomic mass is 16.7. The van der Waals surface area contributed by atoms with Crippen molar-refractivity contribution in [1.29, 1.82) is 0 Å². The van der Waals surface area contributed by atoms with Crippen LogP contribution in [0.2, 0.25) is 0 Å². The molecule has 0 radical (unpaired) electrons. The molecule has 0 aromatic heterocycles. The van der Waals surface area contributed by atoms with Gasteiger partial charge in [-0.15, -0.1) is 0 Å². The molecule has 0 aromatic rings. The van der Waals surface area contributed by atoms with Gasteiger partial charge in [0.1, 0.15) is 9.85 Å². The van der Waals surface area contributed by atoms with Crippen LogP contribution in [0.4, 0.5) is 0 Å². The van der Waals surface area contributed by atoms with Crippen molar-refractivity contribution >= 4 is 6.29 Å². The van der Waals surface area contributed by atoms with E-state index in [1.54, 1.807) is 0 Å². The molecule has 0 aromatic carbocycles. The molecule has 0 aliphatic heterocycles. The summed E-state index contributed by atoms with van der Waals surface area (Å²) in [4.78, 5) is 30.4. The van der Waals surface area contributed by atoms with Crippen molar-refractivity contribution in [2.24, 2.45) is 0 Å². The maximum Gasteiger partial charge on any atom is 0.512 e. The Morgan fingerprint density at radius 1 is 0.548 bits per heavy atom. The van der Waals surface area contributed by atoms with E-state index in [9.17, 15) is 25.0 Å². The van der Waals surface area contributed by atoms with Crippen LogP contribution in [0, 0.1) is 20.2 Å². The van der Waals surface area contributed by atoms with E-state index >= 15 is 0 Å². The summed E-state index contributed by atoms with van der Waals surface area (Å²) in [6.45, 7) is 2.26. The van der Waals surface area contributed by atoms with Crippen LogP contribution in [0.3, 0.4) is 0 Å². The van der Waals surface area contributed by atoms with Gasteiger partial charge in [0.2, 0.25) is 0 Å². The van der Waals surface area contributed by atoms with Crippen molar-refractivity contribution in [3.8, 4) is 0 Å². The number of rotatable bonds is 24. The first-order chi connectivity index (χ1) is 15.0. The second-order valence-electron chi connectivity index (χ2n) is 8.98. The SMILES string of the molecule is CCCCCCCCCCCCCCCCCCCCCCC(C=O)([N+](=O)[O-])[N+](=O)[O-]. The lowest BCUT2D eigenvalue weighted by Crippen LogP contribution is -2.47. The van der Waals surface area contributed by atoms with E-state index in [0.29, 0.717) is 12.8 Å². The predicted molar refractivity (Wildman–Crippen MR) is 125 cm³/mol. The summed E-state index contributed by atoms with van der Waals surface area (Å²) in [6.07, 6.45) is 24.0. The summed E-state index contributed by atoms with van der Waals surface area (Å²) in [5.41, 5.74) is -2.66. The van der Waals surface area contributed by atoms with E-state index in [2.05, 4.69) is 6.92 Å². The Labute approximate surface area is 189 Å². The molecule has 0 saturated carbocycles. The number of aldehydes is 1. The zero-order valence-corrected chi connectivity index (χ0v) is 19.9. The highest BCUT2D eigenvalue weighted by Gasteiger charge is 2.55. The molecule has 0 heterocycles. The second kappa shape index (κ2) is 20.4. The average molecular weight is 443 g/mol. The third kappa shape index (κ3) is 15.0. The summed E-state index contributed by atoms with van der Waals surface area (Å²) in [7, 11) is 0. The molecule has 0 N–H and O–H groups in total. The standard InChI is InChI=1S/C24H46N2O5/c1-2-3-4-5-6-7-8-9-10-11-12-13-14-15-16-17-18-19-20-21-22-24(23-27,25(28)29)26(30)31/h23H,2-22H2,1H3. The number of carbonyl (C=O) groups is 1. The van der Waals surface area contributed by atoms with Crippen molar-refractivity contribution in [3.05, 3.63) is 20.2 Å². The van der Waals surface area contributed by atoms with Crippen molar-refractivity contribution in [1.82, 2.24) is 0 Å². The van der Waals surface area contributed by atoms with Gasteiger partial charge in [-0.05, 0) is 6.42 Å². The molecule has 0 fully saturated rings. The van der Waals surface area contributed by atoms with Crippen molar-refractivity contribution in [2.45, 2.75) is 147 Å². The minimum Gasteiger partial charge on any atom is -0.287 e. The van der Waals surface area contributed by atoms with Crippen LogP contribution in [0.25, 0.3) is 0 Å². The van der Waals surface area contributed by atoms with Crippen LogP contribution in [0.15, 0.2) is 0 Å². The number of hydrogen-bond donors (Lipinski definition) is 0. The summed E-state index contributed by atoms with van der Waals surface area (Å²) < 4.78 is 0. The fourth-order valence-electron chi connectivity index (χ4n) is 4.03. The molecular weight excluding hydrogens is 396 g/mol. The first-order valence-electron chi connectivity index (χ1n) is 12.8. The first-order valence-corrected chi connectivity index (χ1v) is 12.8. The lowest BCUT2D eigenvalue weighted by Gasteiger charge is -2.10. The van der Waals surface area contributed by atoms with E-state index in [4.69, 9.17) is 0 Å². The molecule has 0 saturated heterocycles. The van der Waals surface area contributed by atoms with Gasteiger partial charge in [0.05, 0.1) is 6.42 Å². The fourth-order valence-corrected chi connectivity index (χ4v) is 4.03. The molecule has 0 amide bonds. The molecule has 0 aliphatic rings. The number of nitro groups is 2. The quantitative estimate of drug-likeness (QED) is 0.0502. The molecule has 0 atom stereocenters. The van der Waals surface area contributed by atoms with Crippen LogP contribution in [-0.2, 0) is 4.79 Å². The van der Waals surface area contributed by atoms with Crippen molar-refractivity contribution < 1.29 is 14.6 Å². The Bertz CT molecular complexity index is 457.